The summed E-state index contributed by atoms with van der Waals surface area (Å²) in [6, 6.07) is 1.98. The van der Waals surface area contributed by atoms with Crippen LogP contribution in [-0.4, -0.2) is 17.8 Å². The van der Waals surface area contributed by atoms with Crippen molar-refractivity contribution in [3.05, 3.63) is 15.9 Å². The molecular weight excluding hydrogens is 284 g/mol. The van der Waals surface area contributed by atoms with Gasteiger partial charge in [0, 0.05) is 4.47 Å². The van der Waals surface area contributed by atoms with Gasteiger partial charge in [-0.05, 0) is 41.2 Å². The summed E-state index contributed by atoms with van der Waals surface area (Å²) in [4.78, 5) is 11.3. The van der Waals surface area contributed by atoms with Gasteiger partial charge in [0.25, 0.3) is 0 Å². The van der Waals surface area contributed by atoms with E-state index in [0.29, 0.717) is 6.61 Å². The molecule has 0 aliphatic carbocycles. The summed E-state index contributed by atoms with van der Waals surface area (Å²) in [5, 5.41) is 1.84. The van der Waals surface area contributed by atoms with E-state index in [1.54, 1.807) is 11.3 Å². The molecule has 5 heteroatoms. The van der Waals surface area contributed by atoms with Crippen LogP contribution in [0.1, 0.15) is 13.8 Å². The smallest absolute Gasteiger partial charge is 0.319 e. The third kappa shape index (κ3) is 3.29. The first-order valence-corrected chi connectivity index (χ1v) is 6.76. The molecule has 78 valence electrons. The Morgan fingerprint density at radius 3 is 3.00 bits per heavy atom. The molecule has 1 atom stereocenters. The Kier molecular flexibility index (Phi) is 4.98. The first-order valence-electron chi connectivity index (χ1n) is 4.21. The normalized spacial score (nSPS) is 12.5. The number of halogens is 1. The number of esters is 1. The van der Waals surface area contributed by atoms with E-state index in [-0.39, 0.29) is 11.2 Å². The Labute approximate surface area is 100 Å². The predicted octanol–water partition coefficient (Wildman–Crippen LogP) is 3.55. The van der Waals surface area contributed by atoms with Crippen molar-refractivity contribution >= 4 is 45.0 Å². The number of thiophene rings is 1. The monoisotopic (exact) mass is 294 g/mol. The van der Waals surface area contributed by atoms with Crippen molar-refractivity contribution in [1.29, 1.82) is 0 Å². The first kappa shape index (κ1) is 12.1. The highest BCUT2D eigenvalue weighted by Gasteiger charge is 2.17. The lowest BCUT2D eigenvalue weighted by Crippen LogP contribution is -2.16. The summed E-state index contributed by atoms with van der Waals surface area (Å²) in [6.07, 6.45) is 0. The Bertz CT molecular complexity index is 312. The van der Waals surface area contributed by atoms with Crippen molar-refractivity contribution in [2.45, 2.75) is 23.3 Å². The molecule has 1 unspecified atom stereocenters. The molecular formula is C9H11BrO2S2. The quantitative estimate of drug-likeness (QED) is 0.627. The molecule has 0 aliphatic heterocycles. The van der Waals surface area contributed by atoms with Crippen LogP contribution in [0.15, 0.2) is 20.1 Å². The van der Waals surface area contributed by atoms with Crippen molar-refractivity contribution in [3.63, 3.8) is 0 Å². The fourth-order valence-electron chi connectivity index (χ4n) is 0.832. The molecule has 0 aliphatic rings. The zero-order chi connectivity index (χ0) is 10.6. The number of rotatable bonds is 4. The lowest BCUT2D eigenvalue weighted by Gasteiger charge is -2.08. The maximum Gasteiger partial charge on any atom is 0.319 e. The van der Waals surface area contributed by atoms with Gasteiger partial charge < -0.3 is 4.74 Å². The minimum atomic E-state index is -0.155. The van der Waals surface area contributed by atoms with Gasteiger partial charge in [0.15, 0.2) is 0 Å². The van der Waals surface area contributed by atoms with Gasteiger partial charge in [-0.2, -0.15) is 0 Å². The van der Waals surface area contributed by atoms with Crippen molar-refractivity contribution < 1.29 is 9.53 Å². The lowest BCUT2D eigenvalue weighted by molar-refractivity contribution is -0.142. The van der Waals surface area contributed by atoms with Crippen LogP contribution in [-0.2, 0) is 9.53 Å². The summed E-state index contributed by atoms with van der Waals surface area (Å²) in [5.41, 5.74) is 0. The third-order valence-corrected chi connectivity index (χ3v) is 4.94. The summed E-state index contributed by atoms with van der Waals surface area (Å²) >= 11 is 6.56. The molecule has 1 heterocycles. The molecule has 0 amide bonds. The molecule has 0 aromatic carbocycles. The molecule has 1 aromatic rings. The number of carbonyl (C=O) groups excluding carboxylic acids is 1. The van der Waals surface area contributed by atoms with Gasteiger partial charge in [-0.1, -0.05) is 11.8 Å². The third-order valence-electron chi connectivity index (χ3n) is 1.49. The Balaban J connectivity index is 2.52. The predicted molar refractivity (Wildman–Crippen MR) is 64.0 cm³/mol. The van der Waals surface area contributed by atoms with Crippen LogP contribution in [0.4, 0.5) is 0 Å². The van der Waals surface area contributed by atoms with Gasteiger partial charge in [-0.3, -0.25) is 4.79 Å². The van der Waals surface area contributed by atoms with E-state index < -0.39 is 0 Å². The molecule has 2 nitrogen and oxygen atoms in total. The molecule has 0 saturated carbocycles. The van der Waals surface area contributed by atoms with E-state index in [0.717, 1.165) is 8.68 Å². The van der Waals surface area contributed by atoms with Crippen LogP contribution in [0.3, 0.4) is 0 Å². The van der Waals surface area contributed by atoms with Crippen LogP contribution in [0, 0.1) is 0 Å². The van der Waals surface area contributed by atoms with Gasteiger partial charge in [-0.15, -0.1) is 11.3 Å². The van der Waals surface area contributed by atoms with E-state index in [4.69, 9.17) is 4.74 Å². The van der Waals surface area contributed by atoms with Crippen LogP contribution in [0.25, 0.3) is 0 Å². The average molecular weight is 295 g/mol. The van der Waals surface area contributed by atoms with E-state index in [9.17, 15) is 4.79 Å². The Hall–Kier alpha value is -0.000000000000000111. The minimum Gasteiger partial charge on any atom is -0.465 e. The van der Waals surface area contributed by atoms with Crippen molar-refractivity contribution in [2.75, 3.05) is 6.61 Å². The highest BCUT2D eigenvalue weighted by molar-refractivity contribution is 9.10. The summed E-state index contributed by atoms with van der Waals surface area (Å²) in [6.45, 7) is 4.11. The minimum absolute atomic E-state index is 0.148. The standard InChI is InChI=1S/C9H11BrO2S2/c1-3-12-8(11)6(2)14-9-7(10)4-5-13-9/h4-6H,3H2,1-2H3. The fourth-order valence-corrected chi connectivity index (χ4v) is 3.70. The zero-order valence-electron chi connectivity index (χ0n) is 7.95. The second-order valence-electron chi connectivity index (χ2n) is 2.57. The number of hydrogen-bond acceptors (Lipinski definition) is 4. The van der Waals surface area contributed by atoms with Crippen molar-refractivity contribution in [3.8, 4) is 0 Å². The Morgan fingerprint density at radius 2 is 2.50 bits per heavy atom. The molecule has 14 heavy (non-hydrogen) atoms. The number of hydrogen-bond donors (Lipinski definition) is 0. The fraction of sp³-hybridized carbons (Fsp3) is 0.444. The van der Waals surface area contributed by atoms with Gasteiger partial charge in [-0.25, -0.2) is 0 Å². The molecule has 0 radical (unpaired) electrons. The van der Waals surface area contributed by atoms with Gasteiger partial charge in [0.05, 0.1) is 10.8 Å². The molecule has 0 spiro atoms. The van der Waals surface area contributed by atoms with E-state index in [1.165, 1.54) is 11.8 Å². The lowest BCUT2D eigenvalue weighted by atomic mass is 10.5. The zero-order valence-corrected chi connectivity index (χ0v) is 11.2. The van der Waals surface area contributed by atoms with Gasteiger partial charge in [0.2, 0.25) is 0 Å². The average Bonchev–Trinajstić information content (AvgIpc) is 2.52. The molecule has 0 N–H and O–H groups in total. The van der Waals surface area contributed by atoms with Crippen LogP contribution in [0.5, 0.6) is 0 Å². The molecule has 0 saturated heterocycles. The van der Waals surface area contributed by atoms with E-state index >= 15 is 0 Å². The maximum atomic E-state index is 11.3. The van der Waals surface area contributed by atoms with Crippen molar-refractivity contribution in [2.24, 2.45) is 0 Å². The molecule has 0 fully saturated rings. The number of thioether (sulfide) groups is 1. The van der Waals surface area contributed by atoms with Gasteiger partial charge >= 0.3 is 5.97 Å². The van der Waals surface area contributed by atoms with E-state index in [2.05, 4.69) is 15.9 Å². The van der Waals surface area contributed by atoms with Crippen LogP contribution >= 0.6 is 39.0 Å². The summed E-state index contributed by atoms with van der Waals surface area (Å²) in [5.74, 6) is -0.155. The largest absolute Gasteiger partial charge is 0.465 e. The highest BCUT2D eigenvalue weighted by atomic mass is 79.9. The molecule has 0 bridgehead atoms. The summed E-state index contributed by atoms with van der Waals surface area (Å²) < 4.78 is 7.08. The van der Waals surface area contributed by atoms with Crippen molar-refractivity contribution in [1.82, 2.24) is 0 Å². The summed E-state index contributed by atoms with van der Waals surface area (Å²) in [7, 11) is 0. The second kappa shape index (κ2) is 5.78. The van der Waals surface area contributed by atoms with E-state index in [1.807, 2.05) is 25.3 Å². The number of carbonyl (C=O) groups is 1. The van der Waals surface area contributed by atoms with Gasteiger partial charge in [0.1, 0.15) is 5.25 Å². The van der Waals surface area contributed by atoms with Crippen LogP contribution < -0.4 is 0 Å². The molecule has 1 aromatic heterocycles. The second-order valence-corrected chi connectivity index (χ2v) is 5.95. The maximum absolute atomic E-state index is 11.3. The van der Waals surface area contributed by atoms with Crippen LogP contribution in [0.2, 0.25) is 0 Å². The molecule has 1 rings (SSSR count). The number of ether oxygens (including phenoxy) is 1. The Morgan fingerprint density at radius 1 is 1.79 bits per heavy atom. The first-order chi connectivity index (χ1) is 6.65. The highest BCUT2D eigenvalue weighted by Crippen LogP contribution is 2.35. The SMILES string of the molecule is CCOC(=O)C(C)Sc1sccc1Br. The topological polar surface area (TPSA) is 26.3 Å².